The molecule has 0 amide bonds. The van der Waals surface area contributed by atoms with Crippen molar-refractivity contribution in [1.29, 1.82) is 0 Å². The maximum atomic E-state index is 11.6. The van der Waals surface area contributed by atoms with Crippen molar-refractivity contribution in [3.8, 4) is 0 Å². The first-order valence-electron chi connectivity index (χ1n) is 4.74. The Labute approximate surface area is 94.9 Å². The molecule has 0 saturated carbocycles. The first kappa shape index (κ1) is 9.42. The molecular formula is C11H7ClN2O2. The van der Waals surface area contributed by atoms with Crippen molar-refractivity contribution in [2.24, 2.45) is 0 Å². The molecule has 0 saturated heterocycles. The number of benzene rings is 1. The number of H-pyrrole nitrogens is 1. The molecule has 3 rings (SSSR count). The summed E-state index contributed by atoms with van der Waals surface area (Å²) < 4.78 is 5.43. The van der Waals surface area contributed by atoms with Crippen LogP contribution in [0.15, 0.2) is 27.4 Å². The number of halogens is 1. The zero-order valence-electron chi connectivity index (χ0n) is 8.37. The molecule has 16 heavy (non-hydrogen) atoms. The van der Waals surface area contributed by atoms with Gasteiger partial charge in [0.05, 0.1) is 0 Å². The van der Waals surface area contributed by atoms with Crippen molar-refractivity contribution >= 4 is 33.7 Å². The molecule has 0 unspecified atom stereocenters. The Bertz CT molecular complexity index is 758. The summed E-state index contributed by atoms with van der Waals surface area (Å²) in [7, 11) is 0. The molecule has 0 radical (unpaired) electrons. The molecule has 2 aromatic heterocycles. The van der Waals surface area contributed by atoms with Gasteiger partial charge in [-0.2, -0.15) is 0 Å². The molecule has 5 heteroatoms. The van der Waals surface area contributed by atoms with Gasteiger partial charge < -0.3 is 4.42 Å². The zero-order valence-corrected chi connectivity index (χ0v) is 9.13. The van der Waals surface area contributed by atoms with E-state index in [0.717, 1.165) is 10.9 Å². The van der Waals surface area contributed by atoms with Crippen molar-refractivity contribution in [1.82, 2.24) is 9.97 Å². The van der Waals surface area contributed by atoms with Crippen LogP contribution in [-0.4, -0.2) is 9.97 Å². The second kappa shape index (κ2) is 3.09. The molecule has 1 aromatic carbocycles. The Morgan fingerprint density at radius 1 is 1.44 bits per heavy atom. The number of aromatic amines is 1. The van der Waals surface area contributed by atoms with E-state index in [9.17, 15) is 4.79 Å². The molecule has 0 spiro atoms. The lowest BCUT2D eigenvalue weighted by Crippen LogP contribution is -2.05. The van der Waals surface area contributed by atoms with E-state index in [1.807, 2.05) is 25.1 Å². The zero-order chi connectivity index (χ0) is 11.3. The monoisotopic (exact) mass is 234 g/mol. The first-order chi connectivity index (χ1) is 7.65. The van der Waals surface area contributed by atoms with Crippen LogP contribution in [0.25, 0.3) is 22.1 Å². The Morgan fingerprint density at radius 3 is 3.06 bits per heavy atom. The third-order valence-corrected chi connectivity index (χ3v) is 2.63. The Hall–Kier alpha value is -1.81. The molecule has 2 heterocycles. The van der Waals surface area contributed by atoms with Crippen LogP contribution in [0.3, 0.4) is 0 Å². The van der Waals surface area contributed by atoms with E-state index in [2.05, 4.69) is 9.97 Å². The average molecular weight is 235 g/mol. The molecule has 0 atom stereocenters. The van der Waals surface area contributed by atoms with Crippen LogP contribution in [0.4, 0.5) is 0 Å². The van der Waals surface area contributed by atoms with Gasteiger partial charge in [-0.15, -0.1) is 0 Å². The molecule has 4 nitrogen and oxygen atoms in total. The lowest BCUT2D eigenvalue weighted by atomic mass is 10.2. The lowest BCUT2D eigenvalue weighted by Gasteiger charge is -1.91. The predicted octanol–water partition coefficient (Wildman–Crippen LogP) is 2.63. The van der Waals surface area contributed by atoms with E-state index in [4.69, 9.17) is 16.0 Å². The summed E-state index contributed by atoms with van der Waals surface area (Å²) in [6.07, 6.45) is 0. The highest BCUT2D eigenvalue weighted by Crippen LogP contribution is 2.26. The summed E-state index contributed by atoms with van der Waals surface area (Å²) in [6.45, 7) is 1.97. The summed E-state index contributed by atoms with van der Waals surface area (Å²) in [4.78, 5) is 18.1. The van der Waals surface area contributed by atoms with Gasteiger partial charge >= 0.3 is 0 Å². The normalized spacial score (nSPS) is 11.4. The fraction of sp³-hybridized carbons (Fsp3) is 0.0909. The van der Waals surface area contributed by atoms with Crippen LogP contribution in [0.5, 0.6) is 0 Å². The largest absolute Gasteiger partial charge is 0.449 e. The number of hydrogen-bond donors (Lipinski definition) is 1. The summed E-state index contributed by atoms with van der Waals surface area (Å²) >= 11 is 5.71. The minimum absolute atomic E-state index is 0.0710. The molecule has 0 aliphatic rings. The second-order valence-electron chi connectivity index (χ2n) is 3.64. The predicted molar refractivity (Wildman–Crippen MR) is 61.9 cm³/mol. The summed E-state index contributed by atoms with van der Waals surface area (Å²) in [5.74, 6) is 0. The van der Waals surface area contributed by atoms with Gasteiger partial charge in [-0.1, -0.05) is 11.6 Å². The van der Waals surface area contributed by atoms with Crippen molar-refractivity contribution in [3.63, 3.8) is 0 Å². The number of fused-ring (bicyclic) bond motifs is 3. The molecule has 0 aliphatic heterocycles. The van der Waals surface area contributed by atoms with Gasteiger partial charge in [0.2, 0.25) is 10.9 Å². The Morgan fingerprint density at radius 2 is 2.25 bits per heavy atom. The van der Waals surface area contributed by atoms with Gasteiger partial charge in [-0.25, -0.2) is 4.98 Å². The molecular weight excluding hydrogens is 228 g/mol. The summed E-state index contributed by atoms with van der Waals surface area (Å²) in [5.41, 5.74) is 2.08. The third kappa shape index (κ3) is 1.23. The smallest absolute Gasteiger partial charge is 0.295 e. The Kier molecular flexibility index (Phi) is 1.82. The van der Waals surface area contributed by atoms with Gasteiger partial charge in [0.25, 0.3) is 5.56 Å². The molecule has 0 bridgehead atoms. The minimum Gasteiger partial charge on any atom is -0.449 e. The quantitative estimate of drug-likeness (QED) is 0.609. The van der Waals surface area contributed by atoms with Crippen molar-refractivity contribution in [2.75, 3.05) is 0 Å². The van der Waals surface area contributed by atoms with Crippen LogP contribution in [0.2, 0.25) is 5.28 Å². The van der Waals surface area contributed by atoms with Crippen molar-refractivity contribution < 1.29 is 4.42 Å². The number of rotatable bonds is 0. The van der Waals surface area contributed by atoms with E-state index < -0.39 is 0 Å². The fourth-order valence-electron chi connectivity index (χ4n) is 1.74. The van der Waals surface area contributed by atoms with Gasteiger partial charge in [-0.05, 0) is 30.7 Å². The highest BCUT2D eigenvalue weighted by molar-refractivity contribution is 6.28. The van der Waals surface area contributed by atoms with E-state index in [-0.39, 0.29) is 16.4 Å². The van der Waals surface area contributed by atoms with Gasteiger partial charge in [0.1, 0.15) is 11.1 Å². The van der Waals surface area contributed by atoms with E-state index in [1.165, 1.54) is 0 Å². The van der Waals surface area contributed by atoms with Crippen LogP contribution in [-0.2, 0) is 0 Å². The number of aromatic nitrogens is 2. The number of aryl methyl sites for hydroxylation is 1. The average Bonchev–Trinajstić information content (AvgIpc) is 2.57. The molecule has 80 valence electrons. The fourth-order valence-corrected chi connectivity index (χ4v) is 1.91. The van der Waals surface area contributed by atoms with Gasteiger partial charge in [-0.3, -0.25) is 9.78 Å². The van der Waals surface area contributed by atoms with Crippen LogP contribution in [0.1, 0.15) is 5.56 Å². The number of nitrogens with zero attached hydrogens (tertiary/aromatic N) is 1. The van der Waals surface area contributed by atoms with Crippen molar-refractivity contribution in [3.05, 3.63) is 39.4 Å². The molecule has 1 N–H and O–H groups in total. The van der Waals surface area contributed by atoms with Crippen LogP contribution < -0.4 is 5.56 Å². The maximum absolute atomic E-state index is 11.6. The summed E-state index contributed by atoms with van der Waals surface area (Å²) in [6, 6.07) is 5.66. The SMILES string of the molecule is Cc1ccc2oc3c(=O)[nH]c(Cl)nc3c2c1. The number of nitrogens with one attached hydrogen (secondary N) is 1. The minimum atomic E-state index is -0.358. The van der Waals surface area contributed by atoms with Crippen LogP contribution in [0, 0.1) is 6.92 Å². The Balaban J connectivity index is 2.62. The van der Waals surface area contributed by atoms with E-state index >= 15 is 0 Å². The highest BCUT2D eigenvalue weighted by Gasteiger charge is 2.12. The lowest BCUT2D eigenvalue weighted by molar-refractivity contribution is 0.661. The second-order valence-corrected chi connectivity index (χ2v) is 3.99. The topological polar surface area (TPSA) is 58.9 Å². The highest BCUT2D eigenvalue weighted by atomic mass is 35.5. The van der Waals surface area contributed by atoms with Crippen molar-refractivity contribution in [2.45, 2.75) is 6.92 Å². The van der Waals surface area contributed by atoms with Gasteiger partial charge in [0.15, 0.2) is 0 Å². The molecule has 0 fully saturated rings. The van der Waals surface area contributed by atoms with Gasteiger partial charge in [0, 0.05) is 5.39 Å². The third-order valence-electron chi connectivity index (χ3n) is 2.45. The molecule has 0 aliphatic carbocycles. The first-order valence-corrected chi connectivity index (χ1v) is 5.11. The standard InChI is InChI=1S/C11H7ClN2O2/c1-5-2-3-7-6(4-5)8-9(16-7)10(15)14-11(12)13-8/h2-4H,1H3,(H,13,14,15). The summed E-state index contributed by atoms with van der Waals surface area (Å²) in [5, 5.41) is 0.879. The van der Waals surface area contributed by atoms with E-state index in [0.29, 0.717) is 11.1 Å². The van der Waals surface area contributed by atoms with E-state index in [1.54, 1.807) is 0 Å². The maximum Gasteiger partial charge on any atom is 0.295 e. The van der Waals surface area contributed by atoms with Crippen LogP contribution >= 0.6 is 11.6 Å². The number of furan rings is 1. The molecule has 3 aromatic rings. The number of hydrogen-bond acceptors (Lipinski definition) is 3.